The number of hydrogen-bond donors (Lipinski definition) is 2. The van der Waals surface area contributed by atoms with Gasteiger partial charge >= 0.3 is 0 Å². The Morgan fingerprint density at radius 2 is 2.07 bits per heavy atom. The Morgan fingerprint density at radius 1 is 1.40 bits per heavy atom. The van der Waals surface area contributed by atoms with Crippen LogP contribution in [0.2, 0.25) is 0 Å². The van der Waals surface area contributed by atoms with Crippen molar-refractivity contribution in [2.75, 3.05) is 4.72 Å². The van der Waals surface area contributed by atoms with E-state index in [2.05, 4.69) is 37.0 Å². The van der Waals surface area contributed by atoms with Crippen LogP contribution in [-0.4, -0.2) is 19.4 Å². The van der Waals surface area contributed by atoms with E-state index < -0.39 is 10.2 Å². The molecule has 0 aliphatic heterocycles. The van der Waals surface area contributed by atoms with Gasteiger partial charge in [-0.05, 0) is 48.6 Å². The van der Waals surface area contributed by atoms with Gasteiger partial charge in [0.2, 0.25) is 0 Å². The first-order chi connectivity index (χ1) is 6.89. The van der Waals surface area contributed by atoms with E-state index in [-0.39, 0.29) is 6.04 Å². The highest BCUT2D eigenvalue weighted by atomic mass is 127. The van der Waals surface area contributed by atoms with Crippen LogP contribution in [0, 0.1) is 3.57 Å². The highest BCUT2D eigenvalue weighted by Crippen LogP contribution is 2.08. The quantitative estimate of drug-likeness (QED) is 0.812. The third-order valence-electron chi connectivity index (χ3n) is 1.36. The van der Waals surface area contributed by atoms with Crippen LogP contribution < -0.4 is 9.44 Å². The molecule has 0 aliphatic carbocycles. The molecule has 0 saturated carbocycles. The van der Waals surface area contributed by atoms with Gasteiger partial charge in [-0.1, -0.05) is 0 Å². The summed E-state index contributed by atoms with van der Waals surface area (Å²) in [6, 6.07) is 3.24. The normalized spacial score (nSPS) is 11.7. The summed E-state index contributed by atoms with van der Waals surface area (Å²) in [6.45, 7) is 3.50. The van der Waals surface area contributed by atoms with Crippen LogP contribution in [0.3, 0.4) is 0 Å². The number of pyridine rings is 1. The number of anilines is 1. The fourth-order valence-corrected chi connectivity index (χ4v) is 2.31. The lowest BCUT2D eigenvalue weighted by Gasteiger charge is -2.10. The molecule has 84 valence electrons. The minimum absolute atomic E-state index is 0.147. The van der Waals surface area contributed by atoms with Gasteiger partial charge < -0.3 is 0 Å². The lowest BCUT2D eigenvalue weighted by molar-refractivity contribution is 0.575. The molecule has 0 aliphatic rings. The van der Waals surface area contributed by atoms with E-state index in [9.17, 15) is 8.42 Å². The van der Waals surface area contributed by atoms with Crippen molar-refractivity contribution in [3.05, 3.63) is 21.9 Å². The van der Waals surface area contributed by atoms with E-state index in [0.717, 1.165) is 3.57 Å². The summed E-state index contributed by atoms with van der Waals surface area (Å²) in [6.07, 6.45) is 1.59. The molecule has 0 aromatic carbocycles. The van der Waals surface area contributed by atoms with Crippen molar-refractivity contribution < 1.29 is 8.42 Å². The van der Waals surface area contributed by atoms with Crippen LogP contribution in [0.1, 0.15) is 13.8 Å². The third kappa shape index (κ3) is 4.76. The molecule has 0 atom stereocenters. The molecule has 0 saturated heterocycles. The summed E-state index contributed by atoms with van der Waals surface area (Å²) in [7, 11) is -3.51. The molecule has 0 amide bonds. The van der Waals surface area contributed by atoms with Gasteiger partial charge in [0.15, 0.2) is 0 Å². The molecular formula is C8H12IN3O2S. The monoisotopic (exact) mass is 341 g/mol. The van der Waals surface area contributed by atoms with Gasteiger partial charge in [0.1, 0.15) is 5.82 Å². The third-order valence-corrected chi connectivity index (χ3v) is 3.25. The van der Waals surface area contributed by atoms with Gasteiger partial charge in [-0.3, -0.25) is 4.72 Å². The highest BCUT2D eigenvalue weighted by molar-refractivity contribution is 14.1. The van der Waals surface area contributed by atoms with Gasteiger partial charge in [0.25, 0.3) is 10.2 Å². The predicted octanol–water partition coefficient (Wildman–Crippen LogP) is 1.34. The Bertz CT molecular complexity index is 416. The SMILES string of the molecule is CC(C)NS(=O)(=O)Nc1ccc(I)cn1. The fourth-order valence-electron chi connectivity index (χ4n) is 0.914. The van der Waals surface area contributed by atoms with Gasteiger partial charge in [-0.15, -0.1) is 0 Å². The van der Waals surface area contributed by atoms with E-state index in [0.29, 0.717) is 5.82 Å². The smallest absolute Gasteiger partial charge is 0.255 e. The molecule has 1 heterocycles. The number of nitrogens with one attached hydrogen (secondary N) is 2. The lowest BCUT2D eigenvalue weighted by atomic mass is 10.4. The van der Waals surface area contributed by atoms with Crippen LogP contribution in [0.5, 0.6) is 0 Å². The largest absolute Gasteiger partial charge is 0.300 e. The number of aromatic nitrogens is 1. The fraction of sp³-hybridized carbons (Fsp3) is 0.375. The number of hydrogen-bond acceptors (Lipinski definition) is 3. The van der Waals surface area contributed by atoms with Gasteiger partial charge in [0.05, 0.1) is 0 Å². The Kier molecular flexibility index (Phi) is 4.29. The maximum absolute atomic E-state index is 11.4. The molecule has 1 aromatic rings. The first kappa shape index (κ1) is 12.7. The Morgan fingerprint density at radius 3 is 2.53 bits per heavy atom. The Hall–Kier alpha value is -0.410. The minimum atomic E-state index is -3.51. The van der Waals surface area contributed by atoms with Crippen molar-refractivity contribution >= 4 is 38.6 Å². The molecule has 7 heteroatoms. The molecule has 0 radical (unpaired) electrons. The Balaban J connectivity index is 2.73. The molecule has 2 N–H and O–H groups in total. The second-order valence-corrected chi connectivity index (χ2v) is 5.93. The first-order valence-electron chi connectivity index (χ1n) is 4.31. The van der Waals surface area contributed by atoms with Crippen molar-refractivity contribution in [1.29, 1.82) is 0 Å². The summed E-state index contributed by atoms with van der Waals surface area (Å²) in [5.74, 6) is 0.309. The lowest BCUT2D eigenvalue weighted by Crippen LogP contribution is -2.35. The second-order valence-electron chi connectivity index (χ2n) is 3.24. The number of rotatable bonds is 4. The first-order valence-corrected chi connectivity index (χ1v) is 6.87. The zero-order chi connectivity index (χ0) is 11.5. The van der Waals surface area contributed by atoms with E-state index in [1.807, 2.05) is 0 Å². The van der Waals surface area contributed by atoms with E-state index >= 15 is 0 Å². The maximum atomic E-state index is 11.4. The molecule has 1 rings (SSSR count). The van der Waals surface area contributed by atoms with Crippen molar-refractivity contribution in [3.63, 3.8) is 0 Å². The molecule has 0 bridgehead atoms. The molecule has 1 aromatic heterocycles. The average Bonchev–Trinajstić information content (AvgIpc) is 2.06. The molecule has 0 fully saturated rings. The van der Waals surface area contributed by atoms with Gasteiger partial charge in [-0.25, -0.2) is 4.98 Å². The van der Waals surface area contributed by atoms with Crippen molar-refractivity contribution in [2.45, 2.75) is 19.9 Å². The van der Waals surface area contributed by atoms with Gasteiger partial charge in [0, 0.05) is 15.8 Å². The predicted molar refractivity (Wildman–Crippen MR) is 67.8 cm³/mol. The van der Waals surface area contributed by atoms with E-state index in [4.69, 9.17) is 0 Å². The van der Waals surface area contributed by atoms with Crippen LogP contribution >= 0.6 is 22.6 Å². The number of halogens is 1. The molecule has 0 spiro atoms. The second kappa shape index (κ2) is 5.08. The maximum Gasteiger partial charge on any atom is 0.300 e. The summed E-state index contributed by atoms with van der Waals surface area (Å²) >= 11 is 2.10. The topological polar surface area (TPSA) is 71.1 Å². The van der Waals surface area contributed by atoms with Crippen molar-refractivity contribution in [2.24, 2.45) is 0 Å². The van der Waals surface area contributed by atoms with E-state index in [1.165, 1.54) is 0 Å². The average molecular weight is 341 g/mol. The zero-order valence-electron chi connectivity index (χ0n) is 8.36. The molecule has 15 heavy (non-hydrogen) atoms. The van der Waals surface area contributed by atoms with Crippen LogP contribution in [0.15, 0.2) is 18.3 Å². The van der Waals surface area contributed by atoms with Gasteiger partial charge in [-0.2, -0.15) is 13.1 Å². The molecule has 5 nitrogen and oxygen atoms in total. The van der Waals surface area contributed by atoms with E-state index in [1.54, 1.807) is 32.2 Å². The van der Waals surface area contributed by atoms with Crippen LogP contribution in [0.25, 0.3) is 0 Å². The zero-order valence-corrected chi connectivity index (χ0v) is 11.3. The van der Waals surface area contributed by atoms with Crippen LogP contribution in [0.4, 0.5) is 5.82 Å². The summed E-state index contributed by atoms with van der Waals surface area (Å²) in [5, 5.41) is 0. The summed E-state index contributed by atoms with van der Waals surface area (Å²) in [4.78, 5) is 3.93. The van der Waals surface area contributed by atoms with Crippen molar-refractivity contribution in [3.8, 4) is 0 Å². The Labute approximate surface area is 103 Å². The molecular weight excluding hydrogens is 329 g/mol. The van der Waals surface area contributed by atoms with Crippen molar-refractivity contribution in [1.82, 2.24) is 9.71 Å². The highest BCUT2D eigenvalue weighted by Gasteiger charge is 2.11. The van der Waals surface area contributed by atoms with Crippen LogP contribution in [-0.2, 0) is 10.2 Å². The summed E-state index contributed by atoms with van der Waals surface area (Å²) < 4.78 is 28.5. The summed E-state index contributed by atoms with van der Waals surface area (Å²) in [5.41, 5.74) is 0. The standard InChI is InChI=1S/C8H12IN3O2S/c1-6(2)11-15(13,14)12-8-4-3-7(9)5-10-8/h3-6,11H,1-2H3,(H,10,12). The molecule has 0 unspecified atom stereocenters. The minimum Gasteiger partial charge on any atom is -0.255 e. The number of nitrogens with zero attached hydrogens (tertiary/aromatic N) is 1.